The first kappa shape index (κ1) is 17.1. The Kier molecular flexibility index (Phi) is 7.13. The molecular weight excluding hydrogens is 278 g/mol. The average molecular weight is 302 g/mol. The summed E-state index contributed by atoms with van der Waals surface area (Å²) in [5.41, 5.74) is 1.06. The summed E-state index contributed by atoms with van der Waals surface area (Å²) in [6.07, 6.45) is -0.00180. The van der Waals surface area contributed by atoms with Gasteiger partial charge in [0.15, 0.2) is 11.5 Å². The Morgan fingerprint density at radius 3 is 2.45 bits per heavy atom. The number of methoxy groups -OCH3 is 2. The molecule has 0 amide bonds. The monoisotopic (exact) mass is 301 g/mol. The Balaban J connectivity index is 2.84. The fourth-order valence-corrected chi connectivity index (χ4v) is 1.89. The zero-order chi connectivity index (χ0) is 15.1. The van der Waals surface area contributed by atoms with Crippen LogP contribution in [-0.4, -0.2) is 33.0 Å². The summed E-state index contributed by atoms with van der Waals surface area (Å²) in [4.78, 5) is 0. The van der Waals surface area contributed by atoms with Crippen LogP contribution < -0.4 is 14.8 Å². The highest BCUT2D eigenvalue weighted by atomic mass is 35.5. The molecule has 1 rings (SSSR count). The average Bonchev–Trinajstić information content (AvgIpc) is 2.42. The van der Waals surface area contributed by atoms with Crippen molar-refractivity contribution in [3.63, 3.8) is 0 Å². The van der Waals surface area contributed by atoms with Gasteiger partial charge in [-0.05, 0) is 24.6 Å². The summed E-state index contributed by atoms with van der Waals surface area (Å²) in [5, 5.41) is 3.89. The van der Waals surface area contributed by atoms with Crippen molar-refractivity contribution in [2.24, 2.45) is 0 Å². The zero-order valence-electron chi connectivity index (χ0n) is 12.8. The third kappa shape index (κ3) is 5.19. The Bertz CT molecular complexity index is 424. The van der Waals surface area contributed by atoms with Crippen molar-refractivity contribution in [3.05, 3.63) is 22.7 Å². The fraction of sp³-hybridized carbons (Fsp3) is 0.600. The van der Waals surface area contributed by atoms with E-state index in [1.165, 1.54) is 0 Å². The van der Waals surface area contributed by atoms with Gasteiger partial charge in [-0.25, -0.2) is 0 Å². The topological polar surface area (TPSA) is 39.7 Å². The molecule has 0 saturated heterocycles. The van der Waals surface area contributed by atoms with Crippen LogP contribution in [-0.2, 0) is 11.3 Å². The molecule has 0 aromatic heterocycles. The van der Waals surface area contributed by atoms with Crippen LogP contribution in [0.1, 0.15) is 26.3 Å². The predicted molar refractivity (Wildman–Crippen MR) is 81.9 cm³/mol. The van der Waals surface area contributed by atoms with Gasteiger partial charge in [-0.2, -0.15) is 0 Å². The molecule has 0 bridgehead atoms. The van der Waals surface area contributed by atoms with E-state index in [1.54, 1.807) is 14.2 Å². The van der Waals surface area contributed by atoms with Crippen LogP contribution in [0.2, 0.25) is 5.02 Å². The van der Waals surface area contributed by atoms with E-state index in [-0.39, 0.29) is 6.10 Å². The van der Waals surface area contributed by atoms with Gasteiger partial charge < -0.3 is 19.5 Å². The largest absolute Gasteiger partial charge is 0.493 e. The van der Waals surface area contributed by atoms with E-state index in [2.05, 4.69) is 19.2 Å². The van der Waals surface area contributed by atoms with Gasteiger partial charge in [0.25, 0.3) is 0 Å². The molecule has 0 aliphatic rings. The van der Waals surface area contributed by atoms with E-state index in [9.17, 15) is 0 Å². The van der Waals surface area contributed by atoms with Gasteiger partial charge in [0.05, 0.1) is 18.2 Å². The Morgan fingerprint density at radius 1 is 1.20 bits per heavy atom. The first-order valence-corrected chi connectivity index (χ1v) is 7.11. The molecule has 0 aliphatic carbocycles. The lowest BCUT2D eigenvalue weighted by molar-refractivity contribution is 0.0706. The quantitative estimate of drug-likeness (QED) is 0.800. The molecule has 0 fully saturated rings. The van der Waals surface area contributed by atoms with E-state index in [4.69, 9.17) is 25.8 Å². The third-order valence-corrected chi connectivity index (χ3v) is 3.15. The number of benzene rings is 1. The molecule has 0 radical (unpaired) electrons. The highest BCUT2D eigenvalue weighted by Gasteiger charge is 2.13. The van der Waals surface area contributed by atoms with Crippen LogP contribution in [0.15, 0.2) is 12.1 Å². The maximum Gasteiger partial charge on any atom is 0.179 e. The molecule has 1 aromatic rings. The number of hydrogen-bond donors (Lipinski definition) is 1. The van der Waals surface area contributed by atoms with Crippen molar-refractivity contribution in [1.29, 1.82) is 0 Å². The van der Waals surface area contributed by atoms with Crippen LogP contribution in [0.4, 0.5) is 0 Å². The molecule has 1 unspecified atom stereocenters. The normalized spacial score (nSPS) is 12.6. The van der Waals surface area contributed by atoms with Crippen molar-refractivity contribution in [1.82, 2.24) is 5.32 Å². The zero-order valence-corrected chi connectivity index (χ0v) is 13.6. The first-order valence-electron chi connectivity index (χ1n) is 6.73. The molecule has 0 saturated carbocycles. The summed E-state index contributed by atoms with van der Waals surface area (Å²) >= 11 is 6.28. The van der Waals surface area contributed by atoms with Gasteiger partial charge in [-0.3, -0.25) is 0 Å². The second-order valence-corrected chi connectivity index (χ2v) is 5.41. The van der Waals surface area contributed by atoms with Crippen molar-refractivity contribution in [2.75, 3.05) is 20.8 Å². The van der Waals surface area contributed by atoms with E-state index < -0.39 is 0 Å². The molecule has 4 nitrogen and oxygen atoms in total. The standard InChI is InChI=1S/C15H24ClNO3/c1-10(2)17-8-12-6-13(16)15(14(7-12)19-5)20-9-11(3)18-4/h6-7,10-11,17H,8-9H2,1-5H3. The number of halogens is 1. The molecule has 0 spiro atoms. The Hall–Kier alpha value is -0.970. The van der Waals surface area contributed by atoms with E-state index in [0.717, 1.165) is 12.1 Å². The molecule has 1 N–H and O–H groups in total. The van der Waals surface area contributed by atoms with Crippen LogP contribution in [0, 0.1) is 0 Å². The summed E-state index contributed by atoms with van der Waals surface area (Å²) in [6, 6.07) is 4.25. The van der Waals surface area contributed by atoms with Crippen LogP contribution in [0.5, 0.6) is 11.5 Å². The van der Waals surface area contributed by atoms with E-state index in [1.807, 2.05) is 19.1 Å². The Morgan fingerprint density at radius 2 is 1.90 bits per heavy atom. The number of nitrogens with one attached hydrogen (secondary N) is 1. The van der Waals surface area contributed by atoms with E-state index in [0.29, 0.717) is 29.2 Å². The van der Waals surface area contributed by atoms with Gasteiger partial charge in [0, 0.05) is 19.7 Å². The number of rotatable bonds is 8. The number of ether oxygens (including phenoxy) is 3. The molecule has 0 aliphatic heterocycles. The summed E-state index contributed by atoms with van der Waals surface area (Å²) in [7, 11) is 3.26. The van der Waals surface area contributed by atoms with Gasteiger partial charge in [0.2, 0.25) is 0 Å². The summed E-state index contributed by atoms with van der Waals surface area (Å²) in [5.74, 6) is 1.20. The van der Waals surface area contributed by atoms with Gasteiger partial charge in [-0.15, -0.1) is 0 Å². The summed E-state index contributed by atoms with van der Waals surface area (Å²) in [6.45, 7) is 7.30. The molecule has 114 valence electrons. The smallest absolute Gasteiger partial charge is 0.179 e. The van der Waals surface area contributed by atoms with Crippen molar-refractivity contribution < 1.29 is 14.2 Å². The molecule has 0 heterocycles. The summed E-state index contributed by atoms with van der Waals surface area (Å²) < 4.78 is 16.2. The lowest BCUT2D eigenvalue weighted by Gasteiger charge is -2.17. The lowest BCUT2D eigenvalue weighted by Crippen LogP contribution is -2.22. The predicted octanol–water partition coefficient (Wildman–Crippen LogP) is 3.26. The van der Waals surface area contributed by atoms with Crippen LogP contribution >= 0.6 is 11.6 Å². The van der Waals surface area contributed by atoms with Gasteiger partial charge in [-0.1, -0.05) is 25.4 Å². The first-order chi connectivity index (χ1) is 9.47. The SMILES string of the molecule is COc1cc(CNC(C)C)cc(Cl)c1OCC(C)OC. The molecule has 20 heavy (non-hydrogen) atoms. The van der Waals surface area contributed by atoms with Crippen molar-refractivity contribution in [3.8, 4) is 11.5 Å². The fourth-order valence-electron chi connectivity index (χ4n) is 1.61. The van der Waals surface area contributed by atoms with Crippen molar-refractivity contribution >= 4 is 11.6 Å². The molecule has 1 aromatic carbocycles. The minimum Gasteiger partial charge on any atom is -0.493 e. The molecular formula is C15H24ClNO3. The highest BCUT2D eigenvalue weighted by molar-refractivity contribution is 6.32. The Labute approximate surface area is 126 Å². The molecule has 1 atom stereocenters. The van der Waals surface area contributed by atoms with E-state index >= 15 is 0 Å². The molecule has 5 heteroatoms. The highest BCUT2D eigenvalue weighted by Crippen LogP contribution is 2.36. The van der Waals surface area contributed by atoms with Gasteiger partial charge in [0.1, 0.15) is 6.61 Å². The third-order valence-electron chi connectivity index (χ3n) is 2.87. The lowest BCUT2D eigenvalue weighted by atomic mass is 10.2. The van der Waals surface area contributed by atoms with Crippen LogP contribution in [0.25, 0.3) is 0 Å². The van der Waals surface area contributed by atoms with Crippen molar-refractivity contribution in [2.45, 2.75) is 39.5 Å². The van der Waals surface area contributed by atoms with Crippen LogP contribution in [0.3, 0.4) is 0 Å². The number of hydrogen-bond acceptors (Lipinski definition) is 4. The maximum atomic E-state index is 6.28. The second-order valence-electron chi connectivity index (χ2n) is 5.00. The minimum absolute atomic E-state index is 0.00180. The van der Waals surface area contributed by atoms with Gasteiger partial charge >= 0.3 is 0 Å². The second kappa shape index (κ2) is 8.35. The maximum absolute atomic E-state index is 6.28. The minimum atomic E-state index is -0.00180.